The molecule has 88 valence electrons. The second-order valence-corrected chi connectivity index (χ2v) is 3.93. The third kappa shape index (κ3) is 2.73. The minimum atomic E-state index is -0.860. The van der Waals surface area contributed by atoms with Gasteiger partial charge in [-0.3, -0.25) is 4.79 Å². The van der Waals surface area contributed by atoms with Crippen LogP contribution in [0.3, 0.4) is 0 Å². The molecule has 0 fully saturated rings. The third-order valence-electron chi connectivity index (χ3n) is 2.61. The molecule has 1 amide bonds. The van der Waals surface area contributed by atoms with Gasteiger partial charge >= 0.3 is 0 Å². The normalized spacial score (nSPS) is 14.0. The minimum absolute atomic E-state index is 0.209. The van der Waals surface area contributed by atoms with Crippen LogP contribution in [0.2, 0.25) is 0 Å². The number of nitrogens with one attached hydrogen (secondary N) is 1. The van der Waals surface area contributed by atoms with Crippen LogP contribution in [-0.4, -0.2) is 18.6 Å². The molecule has 4 nitrogen and oxygen atoms in total. The summed E-state index contributed by atoms with van der Waals surface area (Å²) in [5, 5.41) is 2.76. The monoisotopic (exact) mass is 222 g/mol. The van der Waals surface area contributed by atoms with Crippen molar-refractivity contribution in [3.05, 3.63) is 24.3 Å². The maximum atomic E-state index is 11.8. The number of methoxy groups -OCH3 is 1. The van der Waals surface area contributed by atoms with E-state index in [1.165, 1.54) is 0 Å². The van der Waals surface area contributed by atoms with Crippen LogP contribution in [0.1, 0.15) is 20.3 Å². The zero-order chi connectivity index (χ0) is 12.2. The van der Waals surface area contributed by atoms with Gasteiger partial charge in [0.15, 0.2) is 0 Å². The number of carbonyl (C=O) groups is 1. The van der Waals surface area contributed by atoms with E-state index in [2.05, 4.69) is 5.32 Å². The van der Waals surface area contributed by atoms with Gasteiger partial charge in [-0.15, -0.1) is 0 Å². The summed E-state index contributed by atoms with van der Waals surface area (Å²) in [7, 11) is 1.56. The highest BCUT2D eigenvalue weighted by molar-refractivity contribution is 5.98. The number of para-hydroxylation sites is 2. The lowest BCUT2D eigenvalue weighted by Gasteiger charge is -2.22. The highest BCUT2D eigenvalue weighted by Gasteiger charge is 2.26. The van der Waals surface area contributed by atoms with Crippen molar-refractivity contribution in [2.75, 3.05) is 12.4 Å². The van der Waals surface area contributed by atoms with Crippen LogP contribution >= 0.6 is 0 Å². The maximum Gasteiger partial charge on any atom is 0.244 e. The van der Waals surface area contributed by atoms with E-state index in [4.69, 9.17) is 10.5 Å². The molecule has 1 unspecified atom stereocenters. The Morgan fingerprint density at radius 3 is 2.69 bits per heavy atom. The van der Waals surface area contributed by atoms with Crippen molar-refractivity contribution >= 4 is 11.6 Å². The van der Waals surface area contributed by atoms with Crippen LogP contribution in [0.5, 0.6) is 5.75 Å². The molecule has 1 aromatic carbocycles. The lowest BCUT2D eigenvalue weighted by Crippen LogP contribution is -2.47. The van der Waals surface area contributed by atoms with Crippen molar-refractivity contribution < 1.29 is 9.53 Å². The molecule has 0 aliphatic heterocycles. The molecule has 3 N–H and O–H groups in total. The SMILES string of the molecule is CCC(C)(N)C(=O)Nc1ccccc1OC. The van der Waals surface area contributed by atoms with Crippen LogP contribution in [-0.2, 0) is 4.79 Å². The molecule has 0 aliphatic carbocycles. The van der Waals surface area contributed by atoms with E-state index >= 15 is 0 Å². The van der Waals surface area contributed by atoms with Crippen molar-refractivity contribution in [1.82, 2.24) is 0 Å². The van der Waals surface area contributed by atoms with Crippen molar-refractivity contribution in [2.45, 2.75) is 25.8 Å². The number of benzene rings is 1. The number of hydrogen-bond donors (Lipinski definition) is 2. The Morgan fingerprint density at radius 2 is 2.12 bits per heavy atom. The Labute approximate surface area is 95.8 Å². The lowest BCUT2D eigenvalue weighted by atomic mass is 9.99. The standard InChI is InChI=1S/C12H18N2O2/c1-4-12(2,13)11(15)14-9-7-5-6-8-10(9)16-3/h5-8H,4,13H2,1-3H3,(H,14,15). The number of carbonyl (C=O) groups excluding carboxylic acids is 1. The van der Waals surface area contributed by atoms with E-state index in [9.17, 15) is 4.79 Å². The average Bonchev–Trinajstić information content (AvgIpc) is 2.29. The zero-order valence-electron chi connectivity index (χ0n) is 9.91. The van der Waals surface area contributed by atoms with Crippen LogP contribution in [0.15, 0.2) is 24.3 Å². The highest BCUT2D eigenvalue weighted by Crippen LogP contribution is 2.24. The van der Waals surface area contributed by atoms with E-state index in [-0.39, 0.29) is 5.91 Å². The van der Waals surface area contributed by atoms with Crippen LogP contribution in [0, 0.1) is 0 Å². The number of nitrogens with two attached hydrogens (primary N) is 1. The first-order valence-electron chi connectivity index (χ1n) is 5.24. The fourth-order valence-electron chi connectivity index (χ4n) is 1.17. The van der Waals surface area contributed by atoms with Gasteiger partial charge in [0, 0.05) is 0 Å². The molecule has 0 saturated heterocycles. The molecule has 4 heteroatoms. The molecule has 0 aromatic heterocycles. The second-order valence-electron chi connectivity index (χ2n) is 3.93. The van der Waals surface area contributed by atoms with Gasteiger partial charge in [0.2, 0.25) is 5.91 Å². The molecule has 1 atom stereocenters. The van der Waals surface area contributed by atoms with Gasteiger partial charge in [-0.1, -0.05) is 19.1 Å². The van der Waals surface area contributed by atoms with Crippen molar-refractivity contribution in [3.63, 3.8) is 0 Å². The maximum absolute atomic E-state index is 11.8. The summed E-state index contributed by atoms with van der Waals surface area (Å²) < 4.78 is 5.14. The molecule has 16 heavy (non-hydrogen) atoms. The zero-order valence-corrected chi connectivity index (χ0v) is 9.91. The summed E-state index contributed by atoms with van der Waals surface area (Å²) in [5.74, 6) is 0.419. The molecular weight excluding hydrogens is 204 g/mol. The summed E-state index contributed by atoms with van der Waals surface area (Å²) >= 11 is 0. The molecular formula is C12H18N2O2. The molecule has 1 rings (SSSR count). The molecule has 0 aliphatic rings. The quantitative estimate of drug-likeness (QED) is 0.816. The summed E-state index contributed by atoms with van der Waals surface area (Å²) in [5.41, 5.74) is 5.62. The number of amides is 1. The Morgan fingerprint density at radius 1 is 1.50 bits per heavy atom. The fourth-order valence-corrected chi connectivity index (χ4v) is 1.17. The van der Waals surface area contributed by atoms with E-state index in [1.807, 2.05) is 19.1 Å². The van der Waals surface area contributed by atoms with Gasteiger partial charge in [-0.2, -0.15) is 0 Å². The van der Waals surface area contributed by atoms with E-state index in [0.717, 1.165) is 0 Å². The molecule has 1 aromatic rings. The number of rotatable bonds is 4. The van der Waals surface area contributed by atoms with Gasteiger partial charge in [-0.05, 0) is 25.5 Å². The first-order valence-corrected chi connectivity index (χ1v) is 5.24. The fraction of sp³-hybridized carbons (Fsp3) is 0.417. The van der Waals surface area contributed by atoms with Crippen LogP contribution in [0.4, 0.5) is 5.69 Å². The molecule has 0 saturated carbocycles. The second kappa shape index (κ2) is 4.99. The summed E-state index contributed by atoms with van der Waals surface area (Å²) in [6.45, 7) is 3.58. The Bertz CT molecular complexity index is 375. The Kier molecular flexibility index (Phi) is 3.90. The summed E-state index contributed by atoms with van der Waals surface area (Å²) in [4.78, 5) is 11.8. The first-order chi connectivity index (χ1) is 7.51. The minimum Gasteiger partial charge on any atom is -0.495 e. The van der Waals surface area contributed by atoms with Gasteiger partial charge in [0.05, 0.1) is 18.3 Å². The van der Waals surface area contributed by atoms with Crippen molar-refractivity contribution in [1.29, 1.82) is 0 Å². The number of anilines is 1. The number of hydrogen-bond acceptors (Lipinski definition) is 3. The molecule has 0 heterocycles. The van der Waals surface area contributed by atoms with E-state index < -0.39 is 5.54 Å². The van der Waals surface area contributed by atoms with Gasteiger partial charge in [0.25, 0.3) is 0 Å². The van der Waals surface area contributed by atoms with E-state index in [0.29, 0.717) is 17.9 Å². The van der Waals surface area contributed by atoms with Crippen LogP contribution < -0.4 is 15.8 Å². The predicted molar refractivity (Wildman–Crippen MR) is 64.5 cm³/mol. The molecule has 0 spiro atoms. The smallest absolute Gasteiger partial charge is 0.244 e. The Hall–Kier alpha value is -1.55. The topological polar surface area (TPSA) is 64.4 Å². The molecule has 0 radical (unpaired) electrons. The number of ether oxygens (including phenoxy) is 1. The first kappa shape index (κ1) is 12.5. The highest BCUT2D eigenvalue weighted by atomic mass is 16.5. The Balaban J connectivity index is 2.85. The third-order valence-corrected chi connectivity index (χ3v) is 2.61. The predicted octanol–water partition coefficient (Wildman–Crippen LogP) is 1.76. The largest absolute Gasteiger partial charge is 0.495 e. The lowest BCUT2D eigenvalue weighted by molar-refractivity contribution is -0.120. The summed E-state index contributed by atoms with van der Waals surface area (Å²) in [6, 6.07) is 7.24. The van der Waals surface area contributed by atoms with E-state index in [1.54, 1.807) is 26.2 Å². The van der Waals surface area contributed by atoms with Gasteiger partial charge in [0.1, 0.15) is 5.75 Å². The average molecular weight is 222 g/mol. The van der Waals surface area contributed by atoms with Gasteiger partial charge in [-0.25, -0.2) is 0 Å². The van der Waals surface area contributed by atoms with Crippen molar-refractivity contribution in [3.8, 4) is 5.75 Å². The molecule has 0 bridgehead atoms. The van der Waals surface area contributed by atoms with Gasteiger partial charge < -0.3 is 15.8 Å². The van der Waals surface area contributed by atoms with Crippen LogP contribution in [0.25, 0.3) is 0 Å². The van der Waals surface area contributed by atoms with Crippen molar-refractivity contribution in [2.24, 2.45) is 5.73 Å². The summed E-state index contributed by atoms with van der Waals surface area (Å²) in [6.07, 6.45) is 0.577.